The average molecular weight is 468 g/mol. The van der Waals surface area contributed by atoms with Gasteiger partial charge in [-0.15, -0.1) is 0 Å². The number of aromatic nitrogens is 2. The van der Waals surface area contributed by atoms with Crippen molar-refractivity contribution in [3.05, 3.63) is 114 Å². The number of para-hydroxylation sites is 3. The number of thiazole rings is 1. The molecule has 0 saturated heterocycles. The van der Waals surface area contributed by atoms with Crippen LogP contribution in [0.5, 0.6) is 11.5 Å². The lowest BCUT2D eigenvalue weighted by atomic mass is 9.87. The monoisotopic (exact) mass is 467 g/mol. The van der Waals surface area contributed by atoms with Crippen molar-refractivity contribution >= 4 is 32.6 Å². The molecule has 34 heavy (non-hydrogen) atoms. The lowest BCUT2D eigenvalue weighted by Gasteiger charge is -2.31. The maximum absolute atomic E-state index is 14.5. The number of hydrogen-bond acceptors (Lipinski definition) is 5. The van der Waals surface area contributed by atoms with Crippen molar-refractivity contribution in [2.75, 3.05) is 4.90 Å². The molecular weight excluding hydrogens is 449 g/mol. The van der Waals surface area contributed by atoms with Crippen molar-refractivity contribution in [1.29, 1.82) is 0 Å². The third-order valence-corrected chi connectivity index (χ3v) is 6.87. The predicted molar refractivity (Wildman–Crippen MR) is 130 cm³/mol. The summed E-state index contributed by atoms with van der Waals surface area (Å²) >= 11 is 1.29. The molecule has 0 radical (unpaired) electrons. The van der Waals surface area contributed by atoms with Crippen LogP contribution in [-0.2, 0) is 11.3 Å². The lowest BCUT2D eigenvalue weighted by molar-refractivity contribution is -0.119. The number of ether oxygens (including phenoxy) is 1. The molecule has 1 aliphatic heterocycles. The Morgan fingerprint density at radius 2 is 1.62 bits per heavy atom. The number of hydrogen-bond donors (Lipinski definition) is 0. The summed E-state index contributed by atoms with van der Waals surface area (Å²) in [4.78, 5) is 24.9. The maximum atomic E-state index is 14.5. The van der Waals surface area contributed by atoms with Crippen molar-refractivity contribution < 1.29 is 13.9 Å². The Morgan fingerprint density at radius 3 is 2.29 bits per heavy atom. The molecule has 166 valence electrons. The minimum atomic E-state index is -0.596. The number of pyridine rings is 1. The highest BCUT2D eigenvalue weighted by atomic mass is 32.1. The Morgan fingerprint density at radius 1 is 0.912 bits per heavy atom. The third kappa shape index (κ3) is 3.50. The van der Waals surface area contributed by atoms with Gasteiger partial charge in [-0.25, -0.2) is 9.37 Å². The van der Waals surface area contributed by atoms with Crippen molar-refractivity contribution in [2.45, 2.75) is 12.5 Å². The van der Waals surface area contributed by atoms with Crippen LogP contribution in [0.3, 0.4) is 0 Å². The fourth-order valence-electron chi connectivity index (χ4n) is 4.24. The first kappa shape index (κ1) is 20.5. The van der Waals surface area contributed by atoms with Gasteiger partial charge in [0.05, 0.1) is 22.9 Å². The second kappa shape index (κ2) is 8.35. The fraction of sp³-hybridized carbons (Fsp3) is 0.0741. The molecule has 1 amide bonds. The van der Waals surface area contributed by atoms with Gasteiger partial charge in [-0.3, -0.25) is 14.7 Å². The van der Waals surface area contributed by atoms with E-state index in [9.17, 15) is 9.18 Å². The third-order valence-electron chi connectivity index (χ3n) is 5.83. The van der Waals surface area contributed by atoms with E-state index < -0.39 is 11.7 Å². The normalized spacial score (nSPS) is 12.6. The summed E-state index contributed by atoms with van der Waals surface area (Å²) < 4.78 is 21.2. The van der Waals surface area contributed by atoms with E-state index in [4.69, 9.17) is 4.74 Å². The summed E-state index contributed by atoms with van der Waals surface area (Å²) in [6.07, 6.45) is 1.69. The van der Waals surface area contributed by atoms with Crippen LogP contribution in [0.1, 0.15) is 22.7 Å². The summed E-state index contributed by atoms with van der Waals surface area (Å²) in [6, 6.07) is 25.5. The summed E-state index contributed by atoms with van der Waals surface area (Å²) in [5.74, 6) is 0.113. The Labute approximate surface area is 199 Å². The Hall–Kier alpha value is -4.10. The second-order valence-electron chi connectivity index (χ2n) is 7.94. The fourth-order valence-corrected chi connectivity index (χ4v) is 5.23. The largest absolute Gasteiger partial charge is 0.457 e. The van der Waals surface area contributed by atoms with E-state index in [1.807, 2.05) is 72.8 Å². The molecule has 1 aliphatic rings. The van der Waals surface area contributed by atoms with Gasteiger partial charge in [-0.2, -0.15) is 0 Å². The van der Waals surface area contributed by atoms with Gasteiger partial charge in [0.2, 0.25) is 5.91 Å². The number of rotatable bonds is 4. The molecule has 0 aliphatic carbocycles. The van der Waals surface area contributed by atoms with Crippen LogP contribution >= 0.6 is 11.3 Å². The summed E-state index contributed by atoms with van der Waals surface area (Å²) in [7, 11) is 0. The van der Waals surface area contributed by atoms with Crippen LogP contribution in [0.15, 0.2) is 91.1 Å². The molecule has 3 heterocycles. The standard InChI is InChI=1S/C27H18FN3O2S/c28-20-11-7-14-23-25(20)30-27(34-23)31(16-17-8-5-6-15-29-17)26(32)24-18-9-1-3-12-21(18)33-22-13-4-2-10-19(22)24/h1-15,24H,16H2. The number of carbonyl (C=O) groups is 1. The van der Waals surface area contributed by atoms with Gasteiger partial charge >= 0.3 is 0 Å². The molecule has 5 nitrogen and oxygen atoms in total. The number of halogens is 1. The number of carbonyl (C=O) groups excluding carboxylic acids is 1. The number of anilines is 1. The first-order valence-electron chi connectivity index (χ1n) is 10.8. The summed E-state index contributed by atoms with van der Waals surface area (Å²) in [5, 5.41) is 0.428. The quantitative estimate of drug-likeness (QED) is 0.311. The average Bonchev–Trinajstić information content (AvgIpc) is 3.31. The molecule has 2 aromatic heterocycles. The topological polar surface area (TPSA) is 55.3 Å². The highest BCUT2D eigenvalue weighted by Crippen LogP contribution is 2.45. The van der Waals surface area contributed by atoms with Gasteiger partial charge in [-0.05, 0) is 36.4 Å². The van der Waals surface area contributed by atoms with E-state index in [0.29, 0.717) is 27.0 Å². The van der Waals surface area contributed by atoms with Gasteiger partial charge in [0, 0.05) is 17.3 Å². The van der Waals surface area contributed by atoms with Gasteiger partial charge in [0.25, 0.3) is 0 Å². The first-order chi connectivity index (χ1) is 16.7. The number of nitrogens with zero attached hydrogens (tertiary/aromatic N) is 3. The molecule has 7 heteroatoms. The minimum Gasteiger partial charge on any atom is -0.457 e. The minimum absolute atomic E-state index is 0.173. The molecule has 6 rings (SSSR count). The van der Waals surface area contributed by atoms with E-state index in [2.05, 4.69) is 9.97 Å². The molecule has 0 fully saturated rings. The molecule has 0 bridgehead atoms. The Bertz CT molecular complexity index is 1470. The van der Waals surface area contributed by atoms with Crippen LogP contribution in [0.25, 0.3) is 10.2 Å². The van der Waals surface area contributed by atoms with Gasteiger partial charge < -0.3 is 4.74 Å². The summed E-state index contributed by atoms with van der Waals surface area (Å²) in [5.41, 5.74) is 2.53. The van der Waals surface area contributed by atoms with Crippen LogP contribution < -0.4 is 9.64 Å². The van der Waals surface area contributed by atoms with Gasteiger partial charge in [-0.1, -0.05) is 59.9 Å². The van der Waals surface area contributed by atoms with Crippen LogP contribution in [-0.4, -0.2) is 15.9 Å². The predicted octanol–water partition coefficient (Wildman–Crippen LogP) is 6.30. The first-order valence-corrected chi connectivity index (χ1v) is 11.6. The van der Waals surface area contributed by atoms with Crippen molar-refractivity contribution in [1.82, 2.24) is 9.97 Å². The molecular formula is C27H18FN3O2S. The van der Waals surface area contributed by atoms with E-state index in [1.165, 1.54) is 17.4 Å². The number of amides is 1. The van der Waals surface area contributed by atoms with Gasteiger partial charge in [0.1, 0.15) is 22.8 Å². The second-order valence-corrected chi connectivity index (χ2v) is 8.95. The Kier molecular flexibility index (Phi) is 5.04. The number of fused-ring (bicyclic) bond motifs is 3. The summed E-state index contributed by atoms with van der Waals surface area (Å²) in [6.45, 7) is 0.211. The zero-order valence-electron chi connectivity index (χ0n) is 17.9. The molecule has 0 atom stereocenters. The molecule has 0 unspecified atom stereocenters. The SMILES string of the molecule is O=C(C1c2ccccc2Oc2ccccc21)N(Cc1ccccn1)c1nc2c(F)cccc2s1. The Balaban J connectivity index is 1.50. The van der Waals surface area contributed by atoms with E-state index in [-0.39, 0.29) is 18.0 Å². The molecule has 3 aromatic carbocycles. The highest BCUT2D eigenvalue weighted by Gasteiger charge is 2.36. The molecule has 5 aromatic rings. The molecule has 0 saturated carbocycles. The van der Waals surface area contributed by atoms with Crippen LogP contribution in [0.4, 0.5) is 9.52 Å². The van der Waals surface area contributed by atoms with E-state index >= 15 is 0 Å². The zero-order valence-corrected chi connectivity index (χ0v) is 18.7. The van der Waals surface area contributed by atoms with Crippen molar-refractivity contribution in [3.8, 4) is 11.5 Å². The van der Waals surface area contributed by atoms with Crippen molar-refractivity contribution in [2.24, 2.45) is 0 Å². The molecule has 0 spiro atoms. The van der Waals surface area contributed by atoms with Crippen LogP contribution in [0.2, 0.25) is 0 Å². The zero-order chi connectivity index (χ0) is 23.1. The highest BCUT2D eigenvalue weighted by molar-refractivity contribution is 7.22. The van der Waals surface area contributed by atoms with Crippen molar-refractivity contribution in [3.63, 3.8) is 0 Å². The van der Waals surface area contributed by atoms with Gasteiger partial charge in [0.15, 0.2) is 5.13 Å². The maximum Gasteiger partial charge on any atom is 0.241 e. The lowest BCUT2D eigenvalue weighted by Crippen LogP contribution is -2.36. The number of benzene rings is 3. The van der Waals surface area contributed by atoms with E-state index in [0.717, 1.165) is 11.1 Å². The van der Waals surface area contributed by atoms with E-state index in [1.54, 1.807) is 17.2 Å². The molecule has 0 N–H and O–H groups in total. The van der Waals surface area contributed by atoms with Crippen LogP contribution in [0, 0.1) is 5.82 Å². The smallest absolute Gasteiger partial charge is 0.241 e.